The predicted molar refractivity (Wildman–Crippen MR) is 104 cm³/mol. The van der Waals surface area contributed by atoms with Gasteiger partial charge in [0.2, 0.25) is 0 Å². The lowest BCUT2D eigenvalue weighted by atomic mass is 9.82. The molecule has 0 saturated carbocycles. The maximum absolute atomic E-state index is 12.7. The molecule has 10 nitrogen and oxygen atoms in total. The fraction of sp³-hybridized carbons (Fsp3) is 0.350. The maximum Gasteiger partial charge on any atom is 0.336 e. The summed E-state index contributed by atoms with van der Waals surface area (Å²) < 4.78 is 10.2. The fourth-order valence-electron chi connectivity index (χ4n) is 3.03. The van der Waals surface area contributed by atoms with E-state index in [4.69, 9.17) is 9.47 Å². The Kier molecular flexibility index (Phi) is 7.29. The van der Waals surface area contributed by atoms with E-state index in [9.17, 15) is 29.6 Å². The van der Waals surface area contributed by atoms with E-state index in [1.807, 2.05) is 0 Å². The molecular weight excluding hydrogens is 396 g/mol. The average molecular weight is 418 g/mol. The lowest BCUT2D eigenvalue weighted by Crippen LogP contribution is -2.37. The topological polar surface area (TPSA) is 136 Å². The van der Waals surface area contributed by atoms with Gasteiger partial charge in [0.05, 0.1) is 35.2 Å². The van der Waals surface area contributed by atoms with Crippen LogP contribution >= 0.6 is 0 Å². The Hall–Kier alpha value is -3.69. The third-order valence-electron chi connectivity index (χ3n) is 4.47. The number of nitrogens with zero attached hydrogens (tertiary/aromatic N) is 2. The summed E-state index contributed by atoms with van der Waals surface area (Å²) in [5.74, 6) is -4.00. The van der Waals surface area contributed by atoms with Gasteiger partial charge in [-0.15, -0.1) is 0 Å². The highest BCUT2D eigenvalue weighted by molar-refractivity contribution is 5.99. The van der Waals surface area contributed by atoms with Gasteiger partial charge in [-0.25, -0.2) is 14.4 Å². The minimum absolute atomic E-state index is 0.0206. The first-order chi connectivity index (χ1) is 14.2. The second-order valence-electron chi connectivity index (χ2n) is 6.32. The summed E-state index contributed by atoms with van der Waals surface area (Å²) in [6, 6.07) is 4.57. The lowest BCUT2D eigenvalue weighted by molar-refractivity contribution is -0.385. The Labute approximate surface area is 172 Å². The van der Waals surface area contributed by atoms with Crippen LogP contribution in [0.25, 0.3) is 0 Å². The average Bonchev–Trinajstić information content (AvgIpc) is 2.72. The number of carbonyl (C=O) groups is 3. The molecule has 0 aliphatic carbocycles. The Morgan fingerprint density at radius 2 is 1.60 bits per heavy atom. The smallest absolute Gasteiger partial charge is 0.336 e. The van der Waals surface area contributed by atoms with E-state index in [1.165, 1.54) is 42.4 Å². The van der Waals surface area contributed by atoms with Crippen molar-refractivity contribution in [3.05, 3.63) is 63.5 Å². The molecule has 2 rings (SSSR count). The first-order valence-corrected chi connectivity index (χ1v) is 9.24. The van der Waals surface area contributed by atoms with E-state index in [1.54, 1.807) is 19.9 Å². The van der Waals surface area contributed by atoms with E-state index in [2.05, 4.69) is 0 Å². The van der Waals surface area contributed by atoms with Gasteiger partial charge in [0.1, 0.15) is 6.04 Å². The molecule has 0 fully saturated rings. The first kappa shape index (κ1) is 22.6. The third-order valence-corrected chi connectivity index (χ3v) is 4.47. The van der Waals surface area contributed by atoms with E-state index in [0.717, 1.165) is 0 Å². The Bertz CT molecular complexity index is 885. The van der Waals surface area contributed by atoms with Crippen LogP contribution in [0.4, 0.5) is 5.69 Å². The predicted octanol–water partition coefficient (Wildman–Crippen LogP) is 2.36. The number of rotatable bonds is 8. The number of carboxylic acid groups (broad SMARTS) is 1. The van der Waals surface area contributed by atoms with Gasteiger partial charge in [0.25, 0.3) is 5.69 Å². The van der Waals surface area contributed by atoms with Crippen LogP contribution in [0.1, 0.15) is 32.3 Å². The maximum atomic E-state index is 12.7. The second-order valence-corrected chi connectivity index (χ2v) is 6.32. The van der Waals surface area contributed by atoms with Crippen molar-refractivity contribution >= 4 is 23.6 Å². The minimum atomic E-state index is -1.20. The monoisotopic (exact) mass is 418 g/mol. The number of hydrogen-bond donors (Lipinski definition) is 1. The van der Waals surface area contributed by atoms with Crippen LogP contribution in [0.3, 0.4) is 0 Å². The summed E-state index contributed by atoms with van der Waals surface area (Å²) in [5.41, 5.74) is -0.425. The number of ether oxygens (including phenoxy) is 2. The molecule has 0 aromatic heterocycles. The summed E-state index contributed by atoms with van der Waals surface area (Å²) in [5, 5.41) is 20.9. The van der Waals surface area contributed by atoms with Crippen molar-refractivity contribution < 1.29 is 33.9 Å². The summed E-state index contributed by atoms with van der Waals surface area (Å²) in [6.45, 7) is 4.58. The standard InChI is InChI=1S/C20H22N2O8/c1-4-29-19(25)14-10-21(12(3)18(23)24)11-15(20(26)30-5-2)17(14)13-8-6-7-9-16(13)22(27)28/h6-12,17H,4-5H2,1-3H3,(H,23,24). The van der Waals surface area contributed by atoms with Crippen molar-refractivity contribution in [1.82, 2.24) is 4.90 Å². The highest BCUT2D eigenvalue weighted by Gasteiger charge is 2.40. The van der Waals surface area contributed by atoms with E-state index >= 15 is 0 Å². The number of hydrogen-bond acceptors (Lipinski definition) is 8. The van der Waals surface area contributed by atoms with Crippen molar-refractivity contribution in [3.8, 4) is 0 Å². The molecule has 1 aromatic carbocycles. The van der Waals surface area contributed by atoms with E-state index < -0.39 is 34.8 Å². The number of carbonyl (C=O) groups excluding carboxylic acids is 2. The second kappa shape index (κ2) is 9.68. The molecule has 30 heavy (non-hydrogen) atoms. The first-order valence-electron chi connectivity index (χ1n) is 9.24. The molecule has 1 N–H and O–H groups in total. The Morgan fingerprint density at radius 3 is 2.03 bits per heavy atom. The van der Waals surface area contributed by atoms with Gasteiger partial charge in [-0.3, -0.25) is 10.1 Å². The van der Waals surface area contributed by atoms with Crippen molar-refractivity contribution in [1.29, 1.82) is 0 Å². The number of carboxylic acids is 1. The molecule has 1 atom stereocenters. The van der Waals surface area contributed by atoms with Gasteiger partial charge >= 0.3 is 17.9 Å². The van der Waals surface area contributed by atoms with Crippen LogP contribution in [-0.2, 0) is 23.9 Å². The third kappa shape index (κ3) is 4.65. The van der Waals surface area contributed by atoms with Crippen molar-refractivity contribution in [3.63, 3.8) is 0 Å². The highest BCUT2D eigenvalue weighted by Crippen LogP contribution is 2.41. The molecule has 1 unspecified atom stereocenters. The van der Waals surface area contributed by atoms with Crippen LogP contribution in [0.5, 0.6) is 0 Å². The van der Waals surface area contributed by atoms with Crippen molar-refractivity contribution in [2.45, 2.75) is 32.7 Å². The molecule has 1 aliphatic rings. The summed E-state index contributed by atoms with van der Waals surface area (Å²) >= 11 is 0. The number of benzene rings is 1. The van der Waals surface area contributed by atoms with Gasteiger partial charge in [0.15, 0.2) is 0 Å². The van der Waals surface area contributed by atoms with Crippen LogP contribution in [0.2, 0.25) is 0 Å². The number of aliphatic carboxylic acids is 1. The SMILES string of the molecule is CCOC(=O)C1=CN(C(C)C(=O)O)C=C(C(=O)OCC)C1c1ccccc1[N+](=O)[O-]. The zero-order valence-electron chi connectivity index (χ0n) is 16.7. The zero-order valence-corrected chi connectivity index (χ0v) is 16.7. The van der Waals surface area contributed by atoms with Gasteiger partial charge in [-0.05, 0) is 20.8 Å². The number of para-hydroxylation sites is 1. The zero-order chi connectivity index (χ0) is 22.4. The lowest BCUT2D eigenvalue weighted by Gasteiger charge is -2.31. The molecule has 0 spiro atoms. The van der Waals surface area contributed by atoms with Crippen LogP contribution < -0.4 is 0 Å². The molecule has 10 heteroatoms. The summed E-state index contributed by atoms with van der Waals surface area (Å²) in [6.07, 6.45) is 2.47. The summed E-state index contributed by atoms with van der Waals surface area (Å²) in [4.78, 5) is 49.0. The fourth-order valence-corrected chi connectivity index (χ4v) is 3.03. The molecule has 0 amide bonds. The van der Waals surface area contributed by atoms with Crippen LogP contribution in [0, 0.1) is 10.1 Å². The highest BCUT2D eigenvalue weighted by atomic mass is 16.6. The number of nitro groups is 1. The molecule has 0 radical (unpaired) electrons. The molecule has 0 saturated heterocycles. The van der Waals surface area contributed by atoms with Crippen molar-refractivity contribution in [2.24, 2.45) is 0 Å². The van der Waals surface area contributed by atoms with Crippen LogP contribution in [0.15, 0.2) is 47.8 Å². The number of nitro benzene ring substituents is 1. The molecular formula is C20H22N2O8. The number of esters is 2. The Morgan fingerprint density at radius 1 is 1.10 bits per heavy atom. The van der Waals surface area contributed by atoms with Gasteiger partial charge in [-0.2, -0.15) is 0 Å². The Balaban J connectivity index is 2.75. The molecule has 0 bridgehead atoms. The molecule has 160 valence electrons. The van der Waals surface area contributed by atoms with E-state index in [0.29, 0.717) is 0 Å². The van der Waals surface area contributed by atoms with Crippen molar-refractivity contribution in [2.75, 3.05) is 13.2 Å². The largest absolute Gasteiger partial charge is 0.480 e. The van der Waals surface area contributed by atoms with Gasteiger partial charge < -0.3 is 19.5 Å². The quantitative estimate of drug-likeness (QED) is 0.383. The normalized spacial score (nSPS) is 15.0. The van der Waals surface area contributed by atoms with E-state index in [-0.39, 0.29) is 35.6 Å². The minimum Gasteiger partial charge on any atom is -0.480 e. The molecule has 1 aliphatic heterocycles. The molecule has 1 aromatic rings. The van der Waals surface area contributed by atoms with Gasteiger partial charge in [0, 0.05) is 24.0 Å². The van der Waals surface area contributed by atoms with Gasteiger partial charge in [-0.1, -0.05) is 18.2 Å². The summed E-state index contributed by atoms with van der Waals surface area (Å²) in [7, 11) is 0. The van der Waals surface area contributed by atoms with Crippen LogP contribution in [-0.4, -0.2) is 52.1 Å². The molecule has 1 heterocycles.